The first-order valence-electron chi connectivity index (χ1n) is 5.82. The van der Waals surface area contributed by atoms with Crippen LogP contribution in [0.2, 0.25) is 0 Å². The van der Waals surface area contributed by atoms with Gasteiger partial charge in [-0.05, 0) is 26.8 Å². The fourth-order valence-electron chi connectivity index (χ4n) is 1.50. The molecule has 0 aromatic carbocycles. The van der Waals surface area contributed by atoms with E-state index < -0.39 is 0 Å². The zero-order valence-corrected chi connectivity index (χ0v) is 11.7. The van der Waals surface area contributed by atoms with Crippen molar-refractivity contribution in [3.05, 3.63) is 22.2 Å². The van der Waals surface area contributed by atoms with Crippen LogP contribution in [0.15, 0.2) is 11.5 Å². The predicted molar refractivity (Wildman–Crippen MR) is 73.0 cm³/mol. The van der Waals surface area contributed by atoms with E-state index >= 15 is 0 Å². The van der Waals surface area contributed by atoms with Gasteiger partial charge < -0.3 is 4.90 Å². The van der Waals surface area contributed by atoms with Crippen molar-refractivity contribution >= 4 is 23.3 Å². The molecule has 0 aliphatic rings. The van der Waals surface area contributed by atoms with Crippen LogP contribution in [0.1, 0.15) is 31.0 Å². The van der Waals surface area contributed by atoms with Crippen LogP contribution in [0.5, 0.6) is 0 Å². The normalized spacial score (nSPS) is 10.8. The van der Waals surface area contributed by atoms with Gasteiger partial charge in [-0.3, -0.25) is 4.79 Å². The molecule has 18 heavy (non-hydrogen) atoms. The van der Waals surface area contributed by atoms with E-state index in [1.54, 1.807) is 22.3 Å². The summed E-state index contributed by atoms with van der Waals surface area (Å²) < 4.78 is 0. The second-order valence-corrected chi connectivity index (χ2v) is 5.22. The highest BCUT2D eigenvalue weighted by atomic mass is 32.1. The molecule has 4 nitrogen and oxygen atoms in total. The number of nitriles is 1. The predicted octanol–water partition coefficient (Wildman–Crippen LogP) is 2.62. The Kier molecular flexibility index (Phi) is 5.53. The molecule has 1 amide bonds. The van der Waals surface area contributed by atoms with Gasteiger partial charge in [-0.15, -0.1) is 11.3 Å². The van der Waals surface area contributed by atoms with Crippen molar-refractivity contribution in [2.45, 2.75) is 33.2 Å². The van der Waals surface area contributed by atoms with Gasteiger partial charge in [-0.25, -0.2) is 4.98 Å². The Morgan fingerprint density at radius 3 is 2.89 bits per heavy atom. The van der Waals surface area contributed by atoms with Gasteiger partial charge in [-0.1, -0.05) is 0 Å². The van der Waals surface area contributed by atoms with Crippen molar-refractivity contribution in [1.82, 2.24) is 9.88 Å². The second kappa shape index (κ2) is 6.92. The van der Waals surface area contributed by atoms with Crippen molar-refractivity contribution in [3.8, 4) is 6.07 Å². The van der Waals surface area contributed by atoms with Gasteiger partial charge >= 0.3 is 0 Å². The number of aromatic nitrogens is 1. The first kappa shape index (κ1) is 14.4. The molecule has 1 aromatic heterocycles. The largest absolute Gasteiger partial charge is 0.336 e. The number of amides is 1. The summed E-state index contributed by atoms with van der Waals surface area (Å²) in [6.07, 6.45) is 3.59. The van der Waals surface area contributed by atoms with Gasteiger partial charge in [-0.2, -0.15) is 5.26 Å². The Labute approximate surface area is 112 Å². The van der Waals surface area contributed by atoms with E-state index in [9.17, 15) is 4.79 Å². The molecule has 0 saturated heterocycles. The van der Waals surface area contributed by atoms with Crippen LogP contribution in [0, 0.1) is 18.3 Å². The molecule has 1 heterocycles. The van der Waals surface area contributed by atoms with E-state index in [0.717, 1.165) is 10.7 Å². The highest BCUT2D eigenvalue weighted by Gasteiger charge is 2.13. The lowest BCUT2D eigenvalue weighted by molar-refractivity contribution is -0.127. The zero-order chi connectivity index (χ0) is 13.5. The smallest absolute Gasteiger partial charge is 0.246 e. The number of rotatable bonds is 5. The topological polar surface area (TPSA) is 57.0 Å². The molecular formula is C13H17N3OS. The molecule has 0 spiro atoms. The molecule has 0 N–H and O–H groups in total. The minimum Gasteiger partial charge on any atom is -0.336 e. The maximum atomic E-state index is 12.0. The van der Waals surface area contributed by atoms with Gasteiger partial charge in [0.05, 0.1) is 23.2 Å². The number of hydrogen-bond acceptors (Lipinski definition) is 4. The van der Waals surface area contributed by atoms with Crippen LogP contribution >= 0.6 is 11.3 Å². The lowest BCUT2D eigenvalue weighted by atomic mass is 10.2. The summed E-state index contributed by atoms with van der Waals surface area (Å²) in [5.41, 5.74) is 0.801. The molecule has 1 rings (SSSR count). The lowest BCUT2D eigenvalue weighted by Gasteiger charge is -2.24. The molecule has 96 valence electrons. The molecule has 0 aliphatic carbocycles. The summed E-state index contributed by atoms with van der Waals surface area (Å²) >= 11 is 1.55. The maximum absolute atomic E-state index is 12.0. The summed E-state index contributed by atoms with van der Waals surface area (Å²) in [6, 6.07) is 2.15. The van der Waals surface area contributed by atoms with E-state index in [1.807, 2.05) is 26.2 Å². The number of aryl methyl sites for hydroxylation is 1. The Hall–Kier alpha value is -1.67. The Morgan fingerprint density at radius 1 is 1.67 bits per heavy atom. The third kappa shape index (κ3) is 4.30. The maximum Gasteiger partial charge on any atom is 0.246 e. The van der Waals surface area contributed by atoms with E-state index in [0.29, 0.717) is 13.0 Å². The molecule has 0 unspecified atom stereocenters. The molecule has 0 aliphatic heterocycles. The number of carbonyl (C=O) groups excluding carboxylic acids is 1. The van der Waals surface area contributed by atoms with Gasteiger partial charge in [0.2, 0.25) is 5.91 Å². The molecule has 1 aromatic rings. The third-order valence-electron chi connectivity index (χ3n) is 2.40. The lowest BCUT2D eigenvalue weighted by Crippen LogP contribution is -2.36. The van der Waals surface area contributed by atoms with E-state index in [2.05, 4.69) is 11.1 Å². The number of thiazole rings is 1. The first-order chi connectivity index (χ1) is 8.54. The fourth-order valence-corrected chi connectivity index (χ4v) is 2.08. The second-order valence-electron chi connectivity index (χ2n) is 4.16. The third-order valence-corrected chi connectivity index (χ3v) is 3.20. The first-order valence-corrected chi connectivity index (χ1v) is 6.70. The Balaban J connectivity index is 2.67. The molecular weight excluding hydrogens is 246 g/mol. The van der Waals surface area contributed by atoms with Crippen LogP contribution in [0.4, 0.5) is 0 Å². The van der Waals surface area contributed by atoms with Crippen molar-refractivity contribution < 1.29 is 4.79 Å². The molecule has 0 atom stereocenters. The number of hydrogen-bond donors (Lipinski definition) is 0. The van der Waals surface area contributed by atoms with Crippen molar-refractivity contribution in [1.29, 1.82) is 5.26 Å². The van der Waals surface area contributed by atoms with E-state index in [1.165, 1.54) is 6.08 Å². The van der Waals surface area contributed by atoms with Crippen LogP contribution < -0.4 is 0 Å². The molecule has 0 bridgehead atoms. The Morgan fingerprint density at radius 2 is 2.39 bits per heavy atom. The molecule has 0 saturated carbocycles. The fraction of sp³-hybridized carbons (Fsp3) is 0.462. The van der Waals surface area contributed by atoms with Gasteiger partial charge in [0, 0.05) is 24.0 Å². The summed E-state index contributed by atoms with van der Waals surface area (Å²) in [5.74, 6) is -0.0779. The standard InChI is InChI=1S/C13H17N3OS/c1-10(2)16(8-4-7-14)13(17)6-5-12-9-18-11(3)15-12/h5-6,9-10H,4,8H2,1-3H3. The van der Waals surface area contributed by atoms with Crippen LogP contribution in [-0.2, 0) is 4.79 Å². The van der Waals surface area contributed by atoms with Crippen molar-refractivity contribution in [2.24, 2.45) is 0 Å². The molecule has 0 fully saturated rings. The average molecular weight is 263 g/mol. The van der Waals surface area contributed by atoms with Crippen LogP contribution in [0.25, 0.3) is 6.08 Å². The SMILES string of the molecule is Cc1nc(C=CC(=O)N(CCC#N)C(C)C)cs1. The van der Waals surface area contributed by atoms with Gasteiger partial charge in [0.15, 0.2) is 0 Å². The van der Waals surface area contributed by atoms with Crippen LogP contribution in [0.3, 0.4) is 0 Å². The highest BCUT2D eigenvalue weighted by molar-refractivity contribution is 7.09. The Bertz CT molecular complexity index is 471. The summed E-state index contributed by atoms with van der Waals surface area (Å²) in [7, 11) is 0. The number of carbonyl (C=O) groups is 1. The number of nitrogens with zero attached hydrogens (tertiary/aromatic N) is 3. The average Bonchev–Trinajstić information content (AvgIpc) is 2.72. The van der Waals surface area contributed by atoms with Gasteiger partial charge in [0.1, 0.15) is 0 Å². The molecule has 5 heteroatoms. The van der Waals surface area contributed by atoms with E-state index in [-0.39, 0.29) is 11.9 Å². The van der Waals surface area contributed by atoms with Crippen molar-refractivity contribution in [2.75, 3.05) is 6.54 Å². The monoisotopic (exact) mass is 263 g/mol. The minimum atomic E-state index is -0.0779. The highest BCUT2D eigenvalue weighted by Crippen LogP contribution is 2.10. The van der Waals surface area contributed by atoms with Crippen LogP contribution in [-0.4, -0.2) is 28.4 Å². The quantitative estimate of drug-likeness (QED) is 0.767. The van der Waals surface area contributed by atoms with E-state index in [4.69, 9.17) is 5.26 Å². The summed E-state index contributed by atoms with van der Waals surface area (Å²) in [4.78, 5) is 17.9. The van der Waals surface area contributed by atoms with Gasteiger partial charge in [0.25, 0.3) is 0 Å². The summed E-state index contributed by atoms with van der Waals surface area (Å²) in [6.45, 7) is 6.27. The van der Waals surface area contributed by atoms with Crippen molar-refractivity contribution in [3.63, 3.8) is 0 Å². The minimum absolute atomic E-state index is 0.0779. The summed E-state index contributed by atoms with van der Waals surface area (Å²) in [5, 5.41) is 11.5. The zero-order valence-electron chi connectivity index (χ0n) is 10.9. The molecule has 0 radical (unpaired) electrons.